The van der Waals surface area contributed by atoms with Gasteiger partial charge in [0, 0.05) is 24.4 Å². The predicted octanol–water partition coefficient (Wildman–Crippen LogP) is 3.41. The van der Waals surface area contributed by atoms with Crippen molar-refractivity contribution < 1.29 is 4.79 Å². The highest BCUT2D eigenvalue weighted by atomic mass is 32.1. The lowest BCUT2D eigenvalue weighted by Gasteiger charge is -2.31. The number of aromatic nitrogens is 3. The number of rotatable bonds is 4. The summed E-state index contributed by atoms with van der Waals surface area (Å²) in [6.07, 6.45) is 3.68. The van der Waals surface area contributed by atoms with Crippen LogP contribution in [0.5, 0.6) is 0 Å². The van der Waals surface area contributed by atoms with Gasteiger partial charge in [0.15, 0.2) is 0 Å². The summed E-state index contributed by atoms with van der Waals surface area (Å²) in [4.78, 5) is 14.4. The smallest absolute Gasteiger partial charge is 0.254 e. The van der Waals surface area contributed by atoms with Gasteiger partial charge >= 0.3 is 0 Å². The number of piperidine rings is 1. The number of likely N-dealkylation sites (tertiary alicyclic amines) is 1. The third-order valence-corrected chi connectivity index (χ3v) is 5.44. The zero-order valence-electron chi connectivity index (χ0n) is 13.9. The standard InChI is InChI=1S/C19H20N4OS/c24-19(17-8-11-25-13-17)22-9-6-16(7-10-22)18-21-20-14-23(18)12-15-4-2-1-3-5-15/h1-5,8,11,13-14,16H,6-7,9-10,12H2. The second-order valence-electron chi connectivity index (χ2n) is 6.38. The lowest BCUT2D eigenvalue weighted by Crippen LogP contribution is -2.38. The van der Waals surface area contributed by atoms with Crippen LogP contribution >= 0.6 is 11.3 Å². The Morgan fingerprint density at radius 1 is 1.16 bits per heavy atom. The van der Waals surface area contributed by atoms with Crippen LogP contribution in [0.3, 0.4) is 0 Å². The van der Waals surface area contributed by atoms with Gasteiger partial charge in [-0.3, -0.25) is 4.79 Å². The number of carbonyl (C=O) groups is 1. The van der Waals surface area contributed by atoms with E-state index in [2.05, 4.69) is 26.9 Å². The summed E-state index contributed by atoms with van der Waals surface area (Å²) in [6, 6.07) is 12.3. The fourth-order valence-electron chi connectivity index (χ4n) is 3.39. The Kier molecular flexibility index (Phi) is 4.61. The van der Waals surface area contributed by atoms with Crippen LogP contribution in [0.4, 0.5) is 0 Å². The van der Waals surface area contributed by atoms with E-state index in [-0.39, 0.29) is 5.91 Å². The number of benzene rings is 1. The van der Waals surface area contributed by atoms with E-state index in [0.717, 1.165) is 43.9 Å². The van der Waals surface area contributed by atoms with Gasteiger partial charge in [0.25, 0.3) is 5.91 Å². The molecule has 2 aromatic heterocycles. The van der Waals surface area contributed by atoms with Crippen molar-refractivity contribution in [2.75, 3.05) is 13.1 Å². The van der Waals surface area contributed by atoms with Crippen LogP contribution in [0.25, 0.3) is 0 Å². The van der Waals surface area contributed by atoms with Gasteiger partial charge in [0.2, 0.25) is 0 Å². The molecule has 0 atom stereocenters. The highest BCUT2D eigenvalue weighted by Gasteiger charge is 2.27. The minimum atomic E-state index is 0.144. The fourth-order valence-corrected chi connectivity index (χ4v) is 4.02. The summed E-state index contributed by atoms with van der Waals surface area (Å²) in [5.41, 5.74) is 2.05. The van der Waals surface area contributed by atoms with Crippen molar-refractivity contribution in [1.29, 1.82) is 0 Å². The molecular weight excluding hydrogens is 332 g/mol. The van der Waals surface area contributed by atoms with Crippen molar-refractivity contribution in [1.82, 2.24) is 19.7 Å². The fraction of sp³-hybridized carbons (Fsp3) is 0.316. The molecule has 1 aliphatic heterocycles. The maximum atomic E-state index is 12.5. The number of carbonyl (C=O) groups excluding carboxylic acids is 1. The minimum Gasteiger partial charge on any atom is -0.339 e. The van der Waals surface area contributed by atoms with Gasteiger partial charge in [-0.15, -0.1) is 10.2 Å². The molecule has 1 fully saturated rings. The number of hydrogen-bond acceptors (Lipinski definition) is 4. The van der Waals surface area contributed by atoms with E-state index in [1.165, 1.54) is 5.56 Å². The average Bonchev–Trinajstić information content (AvgIpc) is 3.34. The molecule has 4 rings (SSSR count). The van der Waals surface area contributed by atoms with Crippen molar-refractivity contribution in [3.8, 4) is 0 Å². The van der Waals surface area contributed by atoms with Crippen LogP contribution < -0.4 is 0 Å². The summed E-state index contributed by atoms with van der Waals surface area (Å²) >= 11 is 1.56. The van der Waals surface area contributed by atoms with Gasteiger partial charge < -0.3 is 9.47 Å². The molecule has 128 valence electrons. The Balaban J connectivity index is 1.42. The molecule has 25 heavy (non-hydrogen) atoms. The van der Waals surface area contributed by atoms with E-state index in [4.69, 9.17) is 0 Å². The van der Waals surface area contributed by atoms with Crippen molar-refractivity contribution in [3.63, 3.8) is 0 Å². The van der Waals surface area contributed by atoms with Gasteiger partial charge in [-0.1, -0.05) is 30.3 Å². The topological polar surface area (TPSA) is 51.0 Å². The van der Waals surface area contributed by atoms with Gasteiger partial charge in [0.05, 0.1) is 12.1 Å². The molecule has 5 nitrogen and oxygen atoms in total. The molecule has 1 aromatic carbocycles. The molecule has 0 aliphatic carbocycles. The van der Waals surface area contributed by atoms with E-state index in [1.807, 2.05) is 46.3 Å². The maximum Gasteiger partial charge on any atom is 0.254 e. The van der Waals surface area contributed by atoms with Crippen molar-refractivity contribution in [3.05, 3.63) is 70.4 Å². The Bertz CT molecular complexity index is 820. The molecule has 3 aromatic rings. The highest BCUT2D eigenvalue weighted by molar-refractivity contribution is 7.08. The molecule has 0 saturated carbocycles. The first-order valence-electron chi connectivity index (χ1n) is 8.54. The first kappa shape index (κ1) is 16.0. The SMILES string of the molecule is O=C(c1ccsc1)N1CCC(c2nncn2Cc2ccccc2)CC1. The maximum absolute atomic E-state index is 12.5. The molecule has 0 spiro atoms. The van der Waals surface area contributed by atoms with Crippen molar-refractivity contribution in [2.24, 2.45) is 0 Å². The zero-order chi connectivity index (χ0) is 17.1. The zero-order valence-corrected chi connectivity index (χ0v) is 14.7. The van der Waals surface area contributed by atoms with Crippen LogP contribution in [0.2, 0.25) is 0 Å². The number of nitrogens with zero attached hydrogens (tertiary/aromatic N) is 4. The Morgan fingerprint density at radius 2 is 1.96 bits per heavy atom. The number of hydrogen-bond donors (Lipinski definition) is 0. The van der Waals surface area contributed by atoms with Crippen LogP contribution in [0.1, 0.15) is 40.5 Å². The minimum absolute atomic E-state index is 0.144. The predicted molar refractivity (Wildman–Crippen MR) is 97.8 cm³/mol. The third-order valence-electron chi connectivity index (χ3n) is 4.76. The normalized spacial score (nSPS) is 15.4. The van der Waals surface area contributed by atoms with Gasteiger partial charge in [-0.2, -0.15) is 11.3 Å². The first-order valence-corrected chi connectivity index (χ1v) is 9.48. The average molecular weight is 352 g/mol. The molecule has 1 amide bonds. The Hall–Kier alpha value is -2.47. The number of amides is 1. The highest BCUT2D eigenvalue weighted by Crippen LogP contribution is 2.28. The van der Waals surface area contributed by atoms with Crippen LogP contribution in [0.15, 0.2) is 53.5 Å². The second-order valence-corrected chi connectivity index (χ2v) is 7.16. The van der Waals surface area contributed by atoms with E-state index >= 15 is 0 Å². The molecule has 1 aliphatic rings. The lowest BCUT2D eigenvalue weighted by molar-refractivity contribution is 0.0711. The van der Waals surface area contributed by atoms with E-state index < -0.39 is 0 Å². The summed E-state index contributed by atoms with van der Waals surface area (Å²) in [6.45, 7) is 2.34. The van der Waals surface area contributed by atoms with Crippen LogP contribution in [0, 0.1) is 0 Å². The summed E-state index contributed by atoms with van der Waals surface area (Å²) in [7, 11) is 0. The molecule has 6 heteroatoms. The largest absolute Gasteiger partial charge is 0.339 e. The van der Waals surface area contributed by atoms with Gasteiger partial charge in [-0.25, -0.2) is 0 Å². The van der Waals surface area contributed by atoms with Crippen LogP contribution in [-0.4, -0.2) is 38.7 Å². The van der Waals surface area contributed by atoms with Crippen LogP contribution in [-0.2, 0) is 6.54 Å². The van der Waals surface area contributed by atoms with E-state index in [9.17, 15) is 4.79 Å². The van der Waals surface area contributed by atoms with Gasteiger partial charge in [-0.05, 0) is 29.9 Å². The number of thiophene rings is 1. The molecule has 0 N–H and O–H groups in total. The summed E-state index contributed by atoms with van der Waals surface area (Å²) in [5.74, 6) is 1.54. The Labute approximate surface area is 150 Å². The summed E-state index contributed by atoms with van der Waals surface area (Å²) in [5, 5.41) is 12.4. The van der Waals surface area contributed by atoms with Crippen molar-refractivity contribution in [2.45, 2.75) is 25.3 Å². The summed E-state index contributed by atoms with van der Waals surface area (Å²) < 4.78 is 2.14. The van der Waals surface area contributed by atoms with Crippen molar-refractivity contribution >= 4 is 17.2 Å². The lowest BCUT2D eigenvalue weighted by atomic mass is 9.95. The molecule has 0 bridgehead atoms. The molecule has 0 radical (unpaired) electrons. The Morgan fingerprint density at radius 3 is 2.68 bits per heavy atom. The quantitative estimate of drug-likeness (QED) is 0.723. The van der Waals surface area contributed by atoms with E-state index in [1.54, 1.807) is 11.3 Å². The third kappa shape index (κ3) is 3.49. The molecular formula is C19H20N4OS. The molecule has 1 saturated heterocycles. The van der Waals surface area contributed by atoms with Gasteiger partial charge in [0.1, 0.15) is 12.2 Å². The van der Waals surface area contributed by atoms with E-state index in [0.29, 0.717) is 5.92 Å². The second kappa shape index (κ2) is 7.19. The molecule has 0 unspecified atom stereocenters. The molecule has 3 heterocycles. The first-order chi connectivity index (χ1) is 12.3. The monoisotopic (exact) mass is 352 g/mol.